The van der Waals surface area contributed by atoms with Crippen molar-refractivity contribution in [1.82, 2.24) is 4.90 Å². The molecule has 136 valence electrons. The van der Waals surface area contributed by atoms with Gasteiger partial charge < -0.3 is 15.2 Å². The molecule has 4 saturated heterocycles. The predicted molar refractivity (Wildman–Crippen MR) is 96.7 cm³/mol. The Labute approximate surface area is 153 Å². The van der Waals surface area contributed by atoms with E-state index < -0.39 is 16.9 Å². The number of hydrogen-bond acceptors (Lipinski definition) is 5. The second-order valence-corrected chi connectivity index (χ2v) is 8.65. The molecule has 0 amide bonds. The number of nitrogens with zero attached hydrogens (tertiary/aromatic N) is 1. The fraction of sp³-hybridized carbons (Fsp3) is 0.571. The molecule has 6 aliphatic rings. The summed E-state index contributed by atoms with van der Waals surface area (Å²) in [5.41, 5.74) is 2.34. The minimum absolute atomic E-state index is 0.0570. The van der Waals surface area contributed by atoms with Crippen LogP contribution >= 0.6 is 0 Å². The average molecular weight is 352 g/mol. The van der Waals surface area contributed by atoms with Crippen LogP contribution in [0.3, 0.4) is 0 Å². The molecule has 5 bridgehead atoms. The Morgan fingerprint density at radius 2 is 2.23 bits per heavy atom. The molecule has 26 heavy (non-hydrogen) atoms. The van der Waals surface area contributed by atoms with Crippen LogP contribution in [0.25, 0.3) is 0 Å². The van der Waals surface area contributed by atoms with Crippen molar-refractivity contribution in [3.63, 3.8) is 0 Å². The standard InChI is InChI=1S/C21H24N2O3/c1-3-11-10-23-15-8-13(11)21(19(25)26-2)16(23)9-20(18(21)24)12-6-4-5-7-14(12)22-17(15)20/h3-7,13,15-18,22,24H,8-10H2,1-2H3/b11-3-/t13-,15+,16-,17+,18+,20+,21+/m1/s1. The number of rotatable bonds is 1. The van der Waals surface area contributed by atoms with Gasteiger partial charge in [-0.3, -0.25) is 9.69 Å². The van der Waals surface area contributed by atoms with Gasteiger partial charge in [-0.15, -0.1) is 0 Å². The maximum absolute atomic E-state index is 13.2. The largest absolute Gasteiger partial charge is 0.468 e. The Balaban J connectivity index is 1.65. The van der Waals surface area contributed by atoms with E-state index in [1.54, 1.807) is 0 Å². The molecule has 1 unspecified atom stereocenters. The number of aliphatic hydroxyl groups excluding tert-OH is 1. The van der Waals surface area contributed by atoms with Crippen LogP contribution in [-0.4, -0.2) is 53.9 Å². The van der Waals surface area contributed by atoms with Crippen LogP contribution in [0.4, 0.5) is 5.69 Å². The molecule has 1 spiro atoms. The van der Waals surface area contributed by atoms with Crippen LogP contribution < -0.4 is 5.32 Å². The first-order chi connectivity index (χ1) is 12.6. The van der Waals surface area contributed by atoms with Crippen molar-refractivity contribution in [2.24, 2.45) is 11.3 Å². The van der Waals surface area contributed by atoms with Gasteiger partial charge in [-0.2, -0.15) is 0 Å². The van der Waals surface area contributed by atoms with E-state index in [-0.39, 0.29) is 24.0 Å². The lowest BCUT2D eigenvalue weighted by Gasteiger charge is -2.60. The summed E-state index contributed by atoms with van der Waals surface area (Å²) in [6, 6.07) is 8.89. The van der Waals surface area contributed by atoms with E-state index in [9.17, 15) is 9.90 Å². The van der Waals surface area contributed by atoms with Crippen LogP contribution in [0.1, 0.15) is 25.3 Å². The third-order valence-corrected chi connectivity index (χ3v) is 8.30. The molecular formula is C21H24N2O3. The maximum Gasteiger partial charge on any atom is 0.316 e. The smallest absolute Gasteiger partial charge is 0.316 e. The number of fused-ring (bicyclic) bond motifs is 2. The number of methoxy groups -OCH3 is 1. The summed E-state index contributed by atoms with van der Waals surface area (Å²) >= 11 is 0. The van der Waals surface area contributed by atoms with Gasteiger partial charge in [0.2, 0.25) is 0 Å². The van der Waals surface area contributed by atoms with E-state index in [2.05, 4.69) is 35.3 Å². The normalized spacial score (nSPS) is 50.5. The minimum Gasteiger partial charge on any atom is -0.468 e. The summed E-state index contributed by atoms with van der Waals surface area (Å²) in [6.45, 7) is 2.96. The van der Waals surface area contributed by atoms with E-state index >= 15 is 0 Å². The van der Waals surface area contributed by atoms with Crippen LogP contribution in [0.15, 0.2) is 35.9 Å². The molecule has 5 fully saturated rings. The predicted octanol–water partition coefficient (Wildman–Crippen LogP) is 1.68. The minimum atomic E-state index is -0.848. The van der Waals surface area contributed by atoms with E-state index in [1.807, 2.05) is 12.1 Å². The molecule has 0 aromatic heterocycles. The molecule has 5 heteroatoms. The lowest BCUT2D eigenvalue weighted by Crippen LogP contribution is -2.71. The van der Waals surface area contributed by atoms with Crippen LogP contribution in [0, 0.1) is 11.3 Å². The number of ether oxygens (including phenoxy) is 1. The summed E-state index contributed by atoms with van der Waals surface area (Å²) in [5.74, 6) is -0.154. The quantitative estimate of drug-likeness (QED) is 0.595. The van der Waals surface area contributed by atoms with Gasteiger partial charge in [0.05, 0.1) is 19.3 Å². The highest BCUT2D eigenvalue weighted by Gasteiger charge is 2.82. The number of anilines is 1. The topological polar surface area (TPSA) is 61.8 Å². The van der Waals surface area contributed by atoms with Crippen molar-refractivity contribution in [3.8, 4) is 0 Å². The third-order valence-electron chi connectivity index (χ3n) is 8.30. The molecular weight excluding hydrogens is 328 g/mol. The fourth-order valence-electron chi connectivity index (χ4n) is 7.49. The van der Waals surface area contributed by atoms with E-state index in [0.717, 1.165) is 25.1 Å². The molecule has 1 aromatic rings. The van der Waals surface area contributed by atoms with Gasteiger partial charge in [0.1, 0.15) is 5.41 Å². The molecule has 5 nitrogen and oxygen atoms in total. The Hall–Kier alpha value is -1.85. The molecule has 8 atom stereocenters. The lowest BCUT2D eigenvalue weighted by atomic mass is 9.58. The zero-order valence-corrected chi connectivity index (χ0v) is 15.1. The zero-order chi connectivity index (χ0) is 17.8. The summed E-state index contributed by atoms with van der Waals surface area (Å²) < 4.78 is 5.34. The molecule has 1 aromatic carbocycles. The molecule has 2 N–H and O–H groups in total. The Bertz CT molecular complexity index is 867. The number of benzene rings is 1. The Morgan fingerprint density at radius 1 is 1.42 bits per heavy atom. The second-order valence-electron chi connectivity index (χ2n) is 8.65. The van der Waals surface area contributed by atoms with Crippen molar-refractivity contribution in [1.29, 1.82) is 0 Å². The first-order valence-corrected chi connectivity index (χ1v) is 9.64. The van der Waals surface area contributed by atoms with E-state index in [1.165, 1.54) is 18.2 Å². The van der Waals surface area contributed by atoms with Gasteiger partial charge in [-0.1, -0.05) is 29.8 Å². The first kappa shape index (κ1) is 15.2. The van der Waals surface area contributed by atoms with Crippen molar-refractivity contribution in [3.05, 3.63) is 41.5 Å². The van der Waals surface area contributed by atoms with Crippen LogP contribution in [0.2, 0.25) is 0 Å². The number of para-hydroxylation sites is 1. The molecule has 1 saturated carbocycles. The summed E-state index contributed by atoms with van der Waals surface area (Å²) in [5, 5.41) is 15.6. The van der Waals surface area contributed by atoms with Gasteiger partial charge in [-0.05, 0) is 31.4 Å². The van der Waals surface area contributed by atoms with Crippen molar-refractivity contribution in [2.45, 2.75) is 49.4 Å². The maximum atomic E-state index is 13.2. The van der Waals surface area contributed by atoms with Crippen molar-refractivity contribution in [2.75, 3.05) is 19.0 Å². The highest BCUT2D eigenvalue weighted by atomic mass is 16.5. The second kappa shape index (κ2) is 4.52. The SMILES string of the molecule is C/C=C1/CN2[C@H]3C[C@H]1[C@]1(C(=O)OC)[C@H]2C[C@@]2(c4ccccc4N[C@@H]32)[C@@H]1O. The molecule has 5 aliphatic heterocycles. The first-order valence-electron chi connectivity index (χ1n) is 9.64. The monoisotopic (exact) mass is 352 g/mol. The van der Waals surface area contributed by atoms with Gasteiger partial charge in [0.15, 0.2) is 0 Å². The number of hydrogen-bond donors (Lipinski definition) is 2. The fourth-order valence-corrected chi connectivity index (χ4v) is 7.49. The number of piperidine rings is 4. The highest BCUT2D eigenvalue weighted by molar-refractivity contribution is 5.84. The van der Waals surface area contributed by atoms with Crippen LogP contribution in [0.5, 0.6) is 0 Å². The molecule has 0 radical (unpaired) electrons. The van der Waals surface area contributed by atoms with Crippen molar-refractivity contribution < 1.29 is 14.6 Å². The number of carbonyl (C=O) groups excluding carboxylic acids is 1. The van der Waals surface area contributed by atoms with E-state index in [4.69, 9.17) is 4.74 Å². The number of aliphatic hydroxyl groups is 1. The average Bonchev–Trinajstić information content (AvgIpc) is 3.13. The van der Waals surface area contributed by atoms with Gasteiger partial charge in [0, 0.05) is 35.6 Å². The van der Waals surface area contributed by atoms with Gasteiger partial charge in [-0.25, -0.2) is 0 Å². The number of allylic oxidation sites excluding steroid dienone is 1. The number of esters is 1. The molecule has 1 aliphatic carbocycles. The Morgan fingerprint density at radius 3 is 3.00 bits per heavy atom. The van der Waals surface area contributed by atoms with E-state index in [0.29, 0.717) is 6.04 Å². The van der Waals surface area contributed by atoms with Crippen molar-refractivity contribution >= 4 is 11.7 Å². The molecule has 7 rings (SSSR count). The molecule has 5 heterocycles. The third kappa shape index (κ3) is 1.28. The van der Waals surface area contributed by atoms with Gasteiger partial charge in [0.25, 0.3) is 0 Å². The Kier molecular flexibility index (Phi) is 2.65. The summed E-state index contributed by atoms with van der Waals surface area (Å²) in [6.07, 6.45) is 3.15. The number of carbonyl (C=O) groups is 1. The zero-order valence-electron chi connectivity index (χ0n) is 15.1. The number of nitrogens with one attached hydrogen (secondary N) is 1. The van der Waals surface area contributed by atoms with Gasteiger partial charge >= 0.3 is 5.97 Å². The van der Waals surface area contributed by atoms with Crippen LogP contribution in [-0.2, 0) is 14.9 Å². The highest BCUT2D eigenvalue weighted by Crippen LogP contribution is 2.71. The summed E-state index contributed by atoms with van der Waals surface area (Å²) in [4.78, 5) is 15.7. The summed E-state index contributed by atoms with van der Waals surface area (Å²) in [7, 11) is 1.46. The lowest BCUT2D eigenvalue weighted by molar-refractivity contribution is -0.179.